The number of rotatable bonds is 4. The van der Waals surface area contributed by atoms with Crippen LogP contribution in [0.4, 0.5) is 13.2 Å². The van der Waals surface area contributed by atoms with Gasteiger partial charge in [0, 0.05) is 13.0 Å². The number of hydrogen-bond acceptors (Lipinski definition) is 2. The van der Waals surface area contributed by atoms with Gasteiger partial charge in [-0.1, -0.05) is 6.07 Å². The van der Waals surface area contributed by atoms with Gasteiger partial charge in [-0.3, -0.25) is 0 Å². The fourth-order valence-electron chi connectivity index (χ4n) is 1.76. The first-order valence-corrected chi connectivity index (χ1v) is 5.36. The minimum absolute atomic E-state index is 0.0279. The third-order valence-corrected chi connectivity index (χ3v) is 2.51. The highest BCUT2D eigenvalue weighted by Crippen LogP contribution is 2.25. The molecule has 1 atom stereocenters. The molecule has 1 unspecified atom stereocenters. The van der Waals surface area contributed by atoms with E-state index in [0.29, 0.717) is 12.2 Å². The molecule has 0 amide bonds. The first-order valence-electron chi connectivity index (χ1n) is 5.36. The molecule has 1 aliphatic heterocycles. The second-order valence-corrected chi connectivity index (χ2v) is 3.79. The standard InChI is InChI=1S/C12H12F3O2/c13-10-4-3-8(6-9-2-1-5-16-9)7-11(10)17-12(14)15/h3-4,6-7,9,12H,1-2,5H2. The molecule has 0 N–H and O–H groups in total. The minimum atomic E-state index is -3.03. The van der Waals surface area contributed by atoms with Crippen molar-refractivity contribution in [3.8, 4) is 5.75 Å². The van der Waals surface area contributed by atoms with Crippen LogP contribution in [0.15, 0.2) is 18.2 Å². The van der Waals surface area contributed by atoms with Gasteiger partial charge in [0.1, 0.15) is 0 Å². The van der Waals surface area contributed by atoms with Crippen molar-refractivity contribution in [1.29, 1.82) is 0 Å². The van der Waals surface area contributed by atoms with E-state index in [4.69, 9.17) is 4.74 Å². The Morgan fingerprint density at radius 2 is 2.24 bits per heavy atom. The highest BCUT2D eigenvalue weighted by molar-refractivity contribution is 5.35. The summed E-state index contributed by atoms with van der Waals surface area (Å²) in [6.45, 7) is -2.33. The lowest BCUT2D eigenvalue weighted by Gasteiger charge is -2.11. The molecule has 0 spiro atoms. The first-order chi connectivity index (χ1) is 8.15. The molecule has 2 rings (SSSR count). The Balaban J connectivity index is 2.06. The monoisotopic (exact) mass is 245 g/mol. The molecule has 1 saturated heterocycles. The summed E-state index contributed by atoms with van der Waals surface area (Å²) in [4.78, 5) is 0. The largest absolute Gasteiger partial charge is 0.432 e. The van der Waals surface area contributed by atoms with E-state index in [0.717, 1.165) is 18.9 Å². The predicted molar refractivity (Wildman–Crippen MR) is 55.4 cm³/mol. The summed E-state index contributed by atoms with van der Waals surface area (Å²) in [5, 5.41) is 0. The van der Waals surface area contributed by atoms with Gasteiger partial charge in [0.15, 0.2) is 11.6 Å². The van der Waals surface area contributed by atoms with E-state index in [9.17, 15) is 13.2 Å². The molecule has 1 aromatic carbocycles. The van der Waals surface area contributed by atoms with E-state index in [1.54, 1.807) is 6.42 Å². The number of ether oxygens (including phenoxy) is 2. The maximum Gasteiger partial charge on any atom is 0.387 e. The van der Waals surface area contributed by atoms with E-state index >= 15 is 0 Å². The Labute approximate surface area is 97.3 Å². The Hall–Kier alpha value is -1.23. The maximum absolute atomic E-state index is 13.1. The molecule has 1 aliphatic rings. The average molecular weight is 245 g/mol. The second kappa shape index (κ2) is 5.40. The molecule has 1 radical (unpaired) electrons. The summed E-state index contributed by atoms with van der Waals surface area (Å²) in [5.74, 6) is -1.23. The highest BCUT2D eigenvalue weighted by Gasteiger charge is 2.18. The van der Waals surface area contributed by atoms with E-state index in [1.165, 1.54) is 12.1 Å². The van der Waals surface area contributed by atoms with Crippen molar-refractivity contribution in [1.82, 2.24) is 0 Å². The van der Waals surface area contributed by atoms with Gasteiger partial charge in [-0.15, -0.1) is 0 Å². The molecule has 0 saturated carbocycles. The summed E-state index contributed by atoms with van der Waals surface area (Å²) in [6.07, 6.45) is 3.62. The van der Waals surface area contributed by atoms with E-state index in [-0.39, 0.29) is 6.10 Å². The Bertz CT molecular complexity index is 376. The summed E-state index contributed by atoms with van der Waals surface area (Å²) < 4.78 is 46.6. The molecular weight excluding hydrogens is 233 g/mol. The number of halogens is 3. The minimum Gasteiger partial charge on any atom is -0.432 e. The van der Waals surface area contributed by atoms with E-state index in [2.05, 4.69) is 4.74 Å². The van der Waals surface area contributed by atoms with E-state index in [1.807, 2.05) is 0 Å². The van der Waals surface area contributed by atoms with Gasteiger partial charge in [0.2, 0.25) is 0 Å². The first kappa shape index (κ1) is 12.2. The number of hydrogen-bond donors (Lipinski definition) is 0. The maximum atomic E-state index is 13.1. The molecule has 1 fully saturated rings. The molecule has 2 nitrogen and oxygen atoms in total. The van der Waals surface area contributed by atoms with Crippen molar-refractivity contribution in [3.05, 3.63) is 36.0 Å². The molecule has 0 aliphatic carbocycles. The molecule has 5 heteroatoms. The van der Waals surface area contributed by atoms with Gasteiger partial charge in [-0.2, -0.15) is 8.78 Å². The van der Waals surface area contributed by atoms with Gasteiger partial charge in [-0.25, -0.2) is 4.39 Å². The van der Waals surface area contributed by atoms with Crippen LogP contribution in [-0.2, 0) is 4.74 Å². The number of alkyl halides is 2. The SMILES string of the molecule is Fc1ccc([CH]C2CCCO2)cc1OC(F)F. The Morgan fingerprint density at radius 3 is 2.88 bits per heavy atom. The molecular formula is C12H12F3O2. The van der Waals surface area contributed by atoms with Crippen LogP contribution < -0.4 is 4.74 Å². The Kier molecular flexibility index (Phi) is 3.89. The summed E-state index contributed by atoms with van der Waals surface area (Å²) in [7, 11) is 0. The zero-order valence-corrected chi connectivity index (χ0v) is 9.04. The second-order valence-electron chi connectivity index (χ2n) is 3.79. The molecule has 1 aromatic rings. The van der Waals surface area contributed by atoms with Crippen LogP contribution in [0.3, 0.4) is 0 Å². The van der Waals surface area contributed by atoms with Crippen LogP contribution in [-0.4, -0.2) is 19.3 Å². The lowest BCUT2D eigenvalue weighted by molar-refractivity contribution is -0.0522. The summed E-state index contributed by atoms with van der Waals surface area (Å²) in [5.41, 5.74) is 0.619. The van der Waals surface area contributed by atoms with Crippen molar-refractivity contribution < 1.29 is 22.6 Å². The highest BCUT2D eigenvalue weighted by atomic mass is 19.3. The Morgan fingerprint density at radius 1 is 1.41 bits per heavy atom. The van der Waals surface area contributed by atoms with Gasteiger partial charge in [0.25, 0.3) is 0 Å². The molecule has 93 valence electrons. The molecule has 0 bridgehead atoms. The van der Waals surface area contributed by atoms with Crippen molar-refractivity contribution in [2.75, 3.05) is 6.61 Å². The predicted octanol–water partition coefficient (Wildman–Crippen LogP) is 3.16. The lowest BCUT2D eigenvalue weighted by Crippen LogP contribution is -2.08. The van der Waals surface area contributed by atoms with Gasteiger partial charge in [0.05, 0.1) is 6.10 Å². The molecule has 0 aromatic heterocycles. The average Bonchev–Trinajstić information content (AvgIpc) is 2.75. The van der Waals surface area contributed by atoms with Crippen LogP contribution in [0, 0.1) is 12.2 Å². The molecule has 17 heavy (non-hydrogen) atoms. The quantitative estimate of drug-likeness (QED) is 0.811. The third-order valence-electron chi connectivity index (χ3n) is 2.51. The van der Waals surface area contributed by atoms with Crippen LogP contribution in [0.5, 0.6) is 5.75 Å². The summed E-state index contributed by atoms with van der Waals surface area (Å²) in [6, 6.07) is 3.87. The van der Waals surface area contributed by atoms with Crippen molar-refractivity contribution in [3.63, 3.8) is 0 Å². The summed E-state index contributed by atoms with van der Waals surface area (Å²) >= 11 is 0. The smallest absolute Gasteiger partial charge is 0.387 e. The lowest BCUT2D eigenvalue weighted by atomic mass is 10.1. The van der Waals surface area contributed by atoms with Gasteiger partial charge in [-0.05, 0) is 30.5 Å². The van der Waals surface area contributed by atoms with Crippen LogP contribution >= 0.6 is 0 Å². The van der Waals surface area contributed by atoms with Crippen molar-refractivity contribution >= 4 is 0 Å². The van der Waals surface area contributed by atoms with Crippen LogP contribution in [0.1, 0.15) is 18.4 Å². The van der Waals surface area contributed by atoms with Crippen LogP contribution in [0.2, 0.25) is 0 Å². The number of benzene rings is 1. The fourth-order valence-corrected chi connectivity index (χ4v) is 1.76. The zero-order valence-electron chi connectivity index (χ0n) is 9.04. The topological polar surface area (TPSA) is 18.5 Å². The van der Waals surface area contributed by atoms with E-state index < -0.39 is 18.2 Å². The van der Waals surface area contributed by atoms with Crippen LogP contribution in [0.25, 0.3) is 0 Å². The van der Waals surface area contributed by atoms with Crippen molar-refractivity contribution in [2.45, 2.75) is 25.6 Å². The van der Waals surface area contributed by atoms with Gasteiger partial charge >= 0.3 is 6.61 Å². The molecule has 1 heterocycles. The third kappa shape index (κ3) is 3.36. The van der Waals surface area contributed by atoms with Gasteiger partial charge < -0.3 is 9.47 Å². The zero-order chi connectivity index (χ0) is 12.3. The van der Waals surface area contributed by atoms with Crippen molar-refractivity contribution in [2.24, 2.45) is 0 Å². The fraction of sp³-hybridized carbons (Fsp3) is 0.417. The normalized spacial score (nSPS) is 19.9.